The summed E-state index contributed by atoms with van der Waals surface area (Å²) in [6, 6.07) is 12.6. The number of hydrogen-bond donors (Lipinski definition) is 1. The van der Waals surface area contributed by atoms with Crippen LogP contribution in [-0.4, -0.2) is 15.3 Å². The van der Waals surface area contributed by atoms with Gasteiger partial charge in [-0.15, -0.1) is 0 Å². The molecular formula is C21H18N4O3. The van der Waals surface area contributed by atoms with Crippen molar-refractivity contribution in [2.45, 2.75) is 20.3 Å². The van der Waals surface area contributed by atoms with Crippen LogP contribution in [0.4, 0.5) is 0 Å². The van der Waals surface area contributed by atoms with E-state index in [1.54, 1.807) is 30.5 Å². The summed E-state index contributed by atoms with van der Waals surface area (Å²) in [5.41, 5.74) is 6.68. The molecule has 28 heavy (non-hydrogen) atoms. The molecule has 0 unspecified atom stereocenters. The number of rotatable bonds is 5. The van der Waals surface area contributed by atoms with Gasteiger partial charge in [0.1, 0.15) is 28.6 Å². The van der Waals surface area contributed by atoms with Gasteiger partial charge in [-0.05, 0) is 48.7 Å². The molecule has 0 radical (unpaired) electrons. The highest BCUT2D eigenvalue weighted by atomic mass is 16.5. The van der Waals surface area contributed by atoms with Crippen LogP contribution in [0.25, 0.3) is 11.7 Å². The zero-order valence-electron chi connectivity index (χ0n) is 15.5. The predicted octanol–water partition coefficient (Wildman–Crippen LogP) is 2.75. The number of nitriles is 1. The molecule has 0 bridgehead atoms. The Morgan fingerprint density at radius 3 is 2.64 bits per heavy atom. The van der Waals surface area contributed by atoms with E-state index in [1.807, 2.05) is 32.0 Å². The van der Waals surface area contributed by atoms with Crippen LogP contribution in [0.3, 0.4) is 0 Å². The van der Waals surface area contributed by atoms with Crippen LogP contribution in [0.1, 0.15) is 23.6 Å². The largest absolute Gasteiger partial charge is 0.438 e. The molecule has 7 heteroatoms. The number of nitrogens with zero attached hydrogens (tertiary/aromatic N) is 3. The molecule has 2 N–H and O–H groups in total. The summed E-state index contributed by atoms with van der Waals surface area (Å²) in [7, 11) is 0. The number of pyridine rings is 1. The fourth-order valence-electron chi connectivity index (χ4n) is 2.70. The van der Waals surface area contributed by atoms with Crippen molar-refractivity contribution in [3.63, 3.8) is 0 Å². The number of nitrogens with two attached hydrogens (primary N) is 1. The summed E-state index contributed by atoms with van der Waals surface area (Å²) in [6.07, 6.45) is 3.56. The monoisotopic (exact) mass is 374 g/mol. The third kappa shape index (κ3) is 3.62. The van der Waals surface area contributed by atoms with Crippen molar-refractivity contribution in [3.05, 3.63) is 75.2 Å². The molecule has 0 aliphatic rings. The van der Waals surface area contributed by atoms with Crippen molar-refractivity contribution in [2.75, 3.05) is 0 Å². The van der Waals surface area contributed by atoms with Crippen LogP contribution in [0, 0.1) is 18.3 Å². The Kier molecular flexibility index (Phi) is 5.23. The quantitative estimate of drug-likeness (QED) is 0.545. The van der Waals surface area contributed by atoms with Gasteiger partial charge in [0.25, 0.3) is 11.5 Å². The van der Waals surface area contributed by atoms with Gasteiger partial charge in [0.05, 0.1) is 0 Å². The molecule has 3 aromatic rings. The molecule has 0 spiro atoms. The van der Waals surface area contributed by atoms with Gasteiger partial charge in [0.2, 0.25) is 5.88 Å². The first-order valence-electron chi connectivity index (χ1n) is 8.65. The summed E-state index contributed by atoms with van der Waals surface area (Å²) in [4.78, 5) is 28.9. The van der Waals surface area contributed by atoms with Gasteiger partial charge < -0.3 is 10.5 Å². The number of aryl methyl sites for hydroxylation is 2. The Hall–Kier alpha value is -3.92. The lowest BCUT2D eigenvalue weighted by molar-refractivity contribution is -0.114. The SMILES string of the molecule is CCc1ccc(Oc2nc3c(C)cccn3c(=O)c2C=C(C#N)C(N)=O)cc1. The lowest BCUT2D eigenvalue weighted by Crippen LogP contribution is -2.20. The second kappa shape index (κ2) is 7.76. The molecule has 0 fully saturated rings. The van der Waals surface area contributed by atoms with Crippen LogP contribution < -0.4 is 16.0 Å². The molecule has 0 aliphatic heterocycles. The van der Waals surface area contributed by atoms with E-state index in [-0.39, 0.29) is 17.0 Å². The highest BCUT2D eigenvalue weighted by molar-refractivity contribution is 6.00. The molecule has 1 aromatic carbocycles. The summed E-state index contributed by atoms with van der Waals surface area (Å²) >= 11 is 0. The Bertz CT molecular complexity index is 1190. The number of amides is 1. The maximum absolute atomic E-state index is 13.0. The Morgan fingerprint density at radius 2 is 2.04 bits per heavy atom. The van der Waals surface area contributed by atoms with Crippen molar-refractivity contribution in [1.29, 1.82) is 5.26 Å². The Morgan fingerprint density at radius 1 is 1.32 bits per heavy atom. The van der Waals surface area contributed by atoms with Crippen LogP contribution in [-0.2, 0) is 11.2 Å². The molecule has 7 nitrogen and oxygen atoms in total. The Balaban J connectivity index is 2.24. The molecule has 0 atom stereocenters. The summed E-state index contributed by atoms with van der Waals surface area (Å²) in [5.74, 6) is -0.457. The third-order valence-electron chi connectivity index (χ3n) is 4.27. The van der Waals surface area contributed by atoms with Gasteiger partial charge in [-0.25, -0.2) is 0 Å². The van der Waals surface area contributed by atoms with E-state index < -0.39 is 11.5 Å². The highest BCUT2D eigenvalue weighted by Gasteiger charge is 2.17. The minimum absolute atomic E-state index is 0.00227. The van der Waals surface area contributed by atoms with Crippen LogP contribution in [0.2, 0.25) is 0 Å². The van der Waals surface area contributed by atoms with Gasteiger partial charge >= 0.3 is 0 Å². The first-order chi connectivity index (χ1) is 13.4. The lowest BCUT2D eigenvalue weighted by Gasteiger charge is -2.11. The standard InChI is InChI=1S/C21H18N4O3/c1-3-14-6-8-16(9-7-14)28-20-17(11-15(12-22)18(23)26)21(27)25-10-4-5-13(2)19(25)24-20/h4-11H,3H2,1-2H3,(H2,23,26). The van der Waals surface area contributed by atoms with E-state index in [0.717, 1.165) is 23.6 Å². The maximum atomic E-state index is 13.0. The second-order valence-corrected chi connectivity index (χ2v) is 6.15. The summed E-state index contributed by atoms with van der Waals surface area (Å²) < 4.78 is 7.19. The summed E-state index contributed by atoms with van der Waals surface area (Å²) in [5, 5.41) is 9.16. The number of benzene rings is 1. The molecule has 0 saturated heterocycles. The van der Waals surface area contributed by atoms with Gasteiger partial charge in [0.15, 0.2) is 0 Å². The topological polar surface area (TPSA) is 110 Å². The third-order valence-corrected chi connectivity index (χ3v) is 4.27. The van der Waals surface area contributed by atoms with Gasteiger partial charge in [-0.2, -0.15) is 10.2 Å². The fourth-order valence-corrected chi connectivity index (χ4v) is 2.70. The molecule has 0 saturated carbocycles. The molecule has 2 heterocycles. The number of carbonyl (C=O) groups excluding carboxylic acids is 1. The average Bonchev–Trinajstić information content (AvgIpc) is 2.69. The zero-order chi connectivity index (χ0) is 20.3. The number of hydrogen-bond acceptors (Lipinski definition) is 5. The molecule has 0 aliphatic carbocycles. The van der Waals surface area contributed by atoms with Crippen LogP contribution in [0.5, 0.6) is 11.6 Å². The van der Waals surface area contributed by atoms with Crippen molar-refractivity contribution in [3.8, 4) is 17.7 Å². The predicted molar refractivity (Wildman–Crippen MR) is 105 cm³/mol. The van der Waals surface area contributed by atoms with Crippen molar-refractivity contribution in [1.82, 2.24) is 9.38 Å². The van der Waals surface area contributed by atoms with E-state index >= 15 is 0 Å². The molecule has 1 amide bonds. The van der Waals surface area contributed by atoms with Crippen molar-refractivity contribution < 1.29 is 9.53 Å². The minimum Gasteiger partial charge on any atom is -0.438 e. The number of primary amides is 1. The zero-order valence-corrected chi connectivity index (χ0v) is 15.5. The highest BCUT2D eigenvalue weighted by Crippen LogP contribution is 2.25. The first kappa shape index (κ1) is 18.9. The van der Waals surface area contributed by atoms with Gasteiger partial charge in [-0.1, -0.05) is 25.1 Å². The first-order valence-corrected chi connectivity index (χ1v) is 8.65. The van der Waals surface area contributed by atoms with Crippen LogP contribution in [0.15, 0.2) is 53.0 Å². The van der Waals surface area contributed by atoms with Crippen molar-refractivity contribution in [2.24, 2.45) is 5.73 Å². The summed E-state index contributed by atoms with van der Waals surface area (Å²) in [6.45, 7) is 3.86. The molecular weight excluding hydrogens is 356 g/mol. The number of aromatic nitrogens is 2. The number of fused-ring (bicyclic) bond motifs is 1. The smallest absolute Gasteiger partial charge is 0.269 e. The van der Waals surface area contributed by atoms with Crippen molar-refractivity contribution >= 4 is 17.6 Å². The molecule has 3 rings (SSSR count). The number of carbonyl (C=O) groups is 1. The molecule has 140 valence electrons. The Labute approximate surface area is 161 Å². The second-order valence-electron chi connectivity index (χ2n) is 6.15. The van der Waals surface area contributed by atoms with E-state index in [0.29, 0.717) is 11.4 Å². The van der Waals surface area contributed by atoms with E-state index in [1.165, 1.54) is 4.40 Å². The van der Waals surface area contributed by atoms with E-state index in [9.17, 15) is 9.59 Å². The normalized spacial score (nSPS) is 11.2. The lowest BCUT2D eigenvalue weighted by atomic mass is 10.1. The van der Waals surface area contributed by atoms with E-state index in [2.05, 4.69) is 4.98 Å². The van der Waals surface area contributed by atoms with E-state index in [4.69, 9.17) is 15.7 Å². The van der Waals surface area contributed by atoms with Gasteiger partial charge in [-0.3, -0.25) is 14.0 Å². The average molecular weight is 374 g/mol. The van der Waals surface area contributed by atoms with Gasteiger partial charge in [0, 0.05) is 6.20 Å². The molecule has 2 aromatic heterocycles. The maximum Gasteiger partial charge on any atom is 0.269 e. The fraction of sp³-hybridized carbons (Fsp3) is 0.143. The van der Waals surface area contributed by atoms with Crippen LogP contribution >= 0.6 is 0 Å². The number of ether oxygens (including phenoxy) is 1. The minimum atomic E-state index is -0.936.